The van der Waals surface area contributed by atoms with Crippen LogP contribution in [0.5, 0.6) is 0 Å². The van der Waals surface area contributed by atoms with Gasteiger partial charge in [0, 0.05) is 12.5 Å². The van der Waals surface area contributed by atoms with E-state index in [2.05, 4.69) is 10.1 Å². The molecule has 0 bridgehead atoms. The molecule has 0 saturated carbocycles. The van der Waals surface area contributed by atoms with Crippen LogP contribution in [0.3, 0.4) is 0 Å². The van der Waals surface area contributed by atoms with E-state index in [0.29, 0.717) is 12.1 Å². The maximum atomic E-state index is 13.7. The lowest BCUT2D eigenvalue weighted by atomic mass is 9.88. The minimum absolute atomic E-state index is 0.0667. The van der Waals surface area contributed by atoms with E-state index in [1.165, 1.54) is 7.11 Å². The Bertz CT molecular complexity index is 391. The van der Waals surface area contributed by atoms with E-state index >= 15 is 0 Å². The zero-order valence-corrected chi connectivity index (χ0v) is 9.78. The molecule has 0 spiro atoms. The molecule has 4 heteroatoms. The monoisotopic (exact) mass is 237 g/mol. The van der Waals surface area contributed by atoms with E-state index in [9.17, 15) is 9.18 Å². The van der Waals surface area contributed by atoms with E-state index in [4.69, 9.17) is 0 Å². The summed E-state index contributed by atoms with van der Waals surface area (Å²) in [7, 11) is 1.35. The molecular weight excluding hydrogens is 221 g/mol. The van der Waals surface area contributed by atoms with Crippen molar-refractivity contribution in [2.24, 2.45) is 0 Å². The summed E-state index contributed by atoms with van der Waals surface area (Å²) < 4.78 is 18.3. The highest BCUT2D eigenvalue weighted by Gasteiger charge is 2.25. The fourth-order valence-corrected chi connectivity index (χ4v) is 2.18. The lowest BCUT2D eigenvalue weighted by molar-refractivity contribution is 0.0600. The van der Waals surface area contributed by atoms with Crippen molar-refractivity contribution in [2.75, 3.05) is 20.2 Å². The number of carbonyl (C=O) groups excluding carboxylic acids is 1. The van der Waals surface area contributed by atoms with Gasteiger partial charge in [-0.3, -0.25) is 0 Å². The van der Waals surface area contributed by atoms with E-state index in [1.807, 2.05) is 12.1 Å². The summed E-state index contributed by atoms with van der Waals surface area (Å²) in [5.41, 5.74) is 1.45. The van der Waals surface area contributed by atoms with Crippen molar-refractivity contribution in [1.82, 2.24) is 5.32 Å². The molecule has 1 N–H and O–H groups in total. The highest BCUT2D eigenvalue weighted by Crippen LogP contribution is 2.27. The average Bonchev–Trinajstić information content (AvgIpc) is 2.39. The molecule has 1 aliphatic rings. The van der Waals surface area contributed by atoms with Gasteiger partial charge in [-0.15, -0.1) is 0 Å². The summed E-state index contributed by atoms with van der Waals surface area (Å²) in [6, 6.07) is 7.01. The SMILES string of the molecule is COC(=O)c1ccc([C@H]2CCNC[C@H]2F)cc1. The van der Waals surface area contributed by atoms with Crippen molar-refractivity contribution in [3.8, 4) is 0 Å². The van der Waals surface area contributed by atoms with E-state index in [0.717, 1.165) is 18.5 Å². The molecule has 2 atom stereocenters. The zero-order chi connectivity index (χ0) is 12.3. The van der Waals surface area contributed by atoms with Gasteiger partial charge < -0.3 is 10.1 Å². The number of hydrogen-bond acceptors (Lipinski definition) is 3. The lowest BCUT2D eigenvalue weighted by Gasteiger charge is -2.27. The summed E-state index contributed by atoms with van der Waals surface area (Å²) in [6.45, 7) is 1.24. The Morgan fingerprint density at radius 2 is 2.12 bits per heavy atom. The van der Waals surface area contributed by atoms with Crippen LogP contribution in [0.25, 0.3) is 0 Å². The zero-order valence-electron chi connectivity index (χ0n) is 9.78. The minimum atomic E-state index is -0.854. The lowest BCUT2D eigenvalue weighted by Crippen LogP contribution is -2.36. The fraction of sp³-hybridized carbons (Fsp3) is 0.462. The van der Waals surface area contributed by atoms with Crippen LogP contribution in [0.4, 0.5) is 4.39 Å². The van der Waals surface area contributed by atoms with E-state index < -0.39 is 6.17 Å². The van der Waals surface area contributed by atoms with Gasteiger partial charge >= 0.3 is 5.97 Å². The summed E-state index contributed by atoms with van der Waals surface area (Å²) in [4.78, 5) is 11.3. The Morgan fingerprint density at radius 3 is 2.71 bits per heavy atom. The molecule has 0 unspecified atom stereocenters. The number of nitrogens with one attached hydrogen (secondary N) is 1. The number of methoxy groups -OCH3 is 1. The topological polar surface area (TPSA) is 38.3 Å². The Labute approximate surface area is 100.0 Å². The number of halogens is 1. The summed E-state index contributed by atoms with van der Waals surface area (Å²) in [5, 5.41) is 3.02. The average molecular weight is 237 g/mol. The quantitative estimate of drug-likeness (QED) is 0.798. The van der Waals surface area contributed by atoms with Crippen LogP contribution in [-0.4, -0.2) is 32.3 Å². The van der Waals surface area contributed by atoms with Crippen molar-refractivity contribution >= 4 is 5.97 Å². The number of rotatable bonds is 2. The second-order valence-corrected chi connectivity index (χ2v) is 4.23. The number of ether oxygens (including phenoxy) is 1. The predicted molar refractivity (Wildman–Crippen MR) is 62.9 cm³/mol. The summed E-state index contributed by atoms with van der Waals surface area (Å²) >= 11 is 0. The predicted octanol–water partition coefficient (Wildman–Crippen LogP) is 1.89. The normalized spacial score (nSPS) is 24.4. The molecule has 1 heterocycles. The van der Waals surface area contributed by atoms with Crippen molar-refractivity contribution in [1.29, 1.82) is 0 Å². The maximum Gasteiger partial charge on any atom is 0.337 e. The van der Waals surface area contributed by atoms with E-state index in [-0.39, 0.29) is 11.9 Å². The number of benzene rings is 1. The number of carbonyl (C=O) groups is 1. The first-order valence-corrected chi connectivity index (χ1v) is 5.75. The van der Waals surface area contributed by atoms with Crippen molar-refractivity contribution in [3.05, 3.63) is 35.4 Å². The second-order valence-electron chi connectivity index (χ2n) is 4.23. The Hall–Kier alpha value is -1.42. The molecule has 92 valence electrons. The van der Waals surface area contributed by atoms with Crippen LogP contribution in [0.1, 0.15) is 28.3 Å². The first kappa shape index (κ1) is 12.0. The van der Waals surface area contributed by atoms with Gasteiger partial charge in [0.05, 0.1) is 12.7 Å². The standard InChI is InChI=1S/C13H16FNO2/c1-17-13(16)10-4-2-9(3-5-10)11-6-7-15-8-12(11)14/h2-5,11-12,15H,6-8H2,1H3/t11-,12-/m1/s1. The number of esters is 1. The Kier molecular flexibility index (Phi) is 3.74. The van der Waals surface area contributed by atoms with Crippen molar-refractivity contribution < 1.29 is 13.9 Å². The fourth-order valence-electron chi connectivity index (χ4n) is 2.18. The highest BCUT2D eigenvalue weighted by molar-refractivity contribution is 5.89. The highest BCUT2D eigenvalue weighted by atomic mass is 19.1. The third kappa shape index (κ3) is 2.64. The first-order valence-electron chi connectivity index (χ1n) is 5.75. The molecule has 0 amide bonds. The smallest absolute Gasteiger partial charge is 0.337 e. The van der Waals surface area contributed by atoms with Crippen LogP contribution in [0, 0.1) is 0 Å². The maximum absolute atomic E-state index is 13.7. The Balaban J connectivity index is 2.14. The minimum Gasteiger partial charge on any atom is -0.465 e. The molecule has 1 fully saturated rings. The van der Waals surface area contributed by atoms with Crippen molar-refractivity contribution in [3.63, 3.8) is 0 Å². The van der Waals surface area contributed by atoms with Gasteiger partial charge in [-0.05, 0) is 30.7 Å². The molecule has 1 saturated heterocycles. The van der Waals surface area contributed by atoms with Gasteiger partial charge in [-0.1, -0.05) is 12.1 Å². The molecule has 1 aromatic rings. The van der Waals surface area contributed by atoms with Crippen LogP contribution in [0.2, 0.25) is 0 Å². The largest absolute Gasteiger partial charge is 0.465 e. The molecule has 0 aromatic heterocycles. The van der Waals surface area contributed by atoms with Crippen LogP contribution in [0.15, 0.2) is 24.3 Å². The van der Waals surface area contributed by atoms with Gasteiger partial charge in [0.2, 0.25) is 0 Å². The Morgan fingerprint density at radius 1 is 1.41 bits per heavy atom. The van der Waals surface area contributed by atoms with Gasteiger partial charge in [-0.25, -0.2) is 9.18 Å². The van der Waals surface area contributed by atoms with Gasteiger partial charge in [0.25, 0.3) is 0 Å². The van der Waals surface area contributed by atoms with Crippen molar-refractivity contribution in [2.45, 2.75) is 18.5 Å². The number of alkyl halides is 1. The number of hydrogen-bond donors (Lipinski definition) is 1. The molecule has 0 radical (unpaired) electrons. The van der Waals surface area contributed by atoms with Crippen LogP contribution >= 0.6 is 0 Å². The molecule has 0 aliphatic carbocycles. The molecule has 3 nitrogen and oxygen atoms in total. The van der Waals surface area contributed by atoms with Gasteiger partial charge in [0.1, 0.15) is 6.17 Å². The molecule has 1 aliphatic heterocycles. The van der Waals surface area contributed by atoms with Gasteiger partial charge in [0.15, 0.2) is 0 Å². The van der Waals surface area contributed by atoms with E-state index in [1.54, 1.807) is 12.1 Å². The van der Waals surface area contributed by atoms with Crippen LogP contribution in [-0.2, 0) is 4.74 Å². The summed E-state index contributed by atoms with van der Waals surface area (Å²) in [5.74, 6) is -0.429. The third-order valence-corrected chi connectivity index (χ3v) is 3.17. The second kappa shape index (κ2) is 5.27. The molecule has 2 rings (SSSR count). The first-order chi connectivity index (χ1) is 8.22. The molecular formula is C13H16FNO2. The molecule has 17 heavy (non-hydrogen) atoms. The van der Waals surface area contributed by atoms with Crippen LogP contribution < -0.4 is 5.32 Å². The summed E-state index contributed by atoms with van der Waals surface area (Å²) in [6.07, 6.45) is -0.0635. The third-order valence-electron chi connectivity index (χ3n) is 3.17. The van der Waals surface area contributed by atoms with Gasteiger partial charge in [-0.2, -0.15) is 0 Å². The molecule has 1 aromatic carbocycles. The number of piperidine rings is 1.